The summed E-state index contributed by atoms with van der Waals surface area (Å²) in [6.45, 7) is 0.535. The first-order valence-electron chi connectivity index (χ1n) is 6.29. The lowest BCUT2D eigenvalue weighted by atomic mass is 10.0. The number of rotatable bonds is 4. The normalized spacial score (nSPS) is 22.3. The molecule has 0 bridgehead atoms. The fourth-order valence-electron chi connectivity index (χ4n) is 1.92. The fourth-order valence-corrected chi connectivity index (χ4v) is 2.69. The van der Waals surface area contributed by atoms with Gasteiger partial charge in [0.2, 0.25) is 5.91 Å². The van der Waals surface area contributed by atoms with Crippen molar-refractivity contribution < 1.29 is 22.7 Å². The number of thioether (sulfide) groups is 1. The molecule has 3 N–H and O–H groups in total. The first kappa shape index (κ1) is 16.1. The molecule has 1 heterocycles. The molecule has 0 aliphatic carbocycles. The number of amides is 1. The highest BCUT2D eigenvalue weighted by Gasteiger charge is 2.32. The summed E-state index contributed by atoms with van der Waals surface area (Å²) in [6, 6.07) is 5.99. The van der Waals surface area contributed by atoms with Crippen molar-refractivity contribution in [2.24, 2.45) is 11.7 Å². The molecule has 21 heavy (non-hydrogen) atoms. The Kier molecular flexibility index (Phi) is 5.13. The van der Waals surface area contributed by atoms with Gasteiger partial charge in [-0.2, -0.15) is 13.2 Å². The Balaban J connectivity index is 2.04. The van der Waals surface area contributed by atoms with Crippen LogP contribution in [0, 0.1) is 5.92 Å². The van der Waals surface area contributed by atoms with E-state index >= 15 is 0 Å². The zero-order valence-electron chi connectivity index (χ0n) is 11.0. The standard InChI is InChI=1S/C13H15F3N2O2S/c14-13(15,16)7-21-11-4-2-1-3-10(11)18-12(19)8-5-20-6-9(8)17/h1-4,8-9H,5-7,17H2,(H,18,19). The Labute approximate surface area is 124 Å². The lowest BCUT2D eigenvalue weighted by Crippen LogP contribution is -2.37. The Hall–Kier alpha value is -1.25. The Morgan fingerprint density at radius 1 is 1.38 bits per heavy atom. The maximum atomic E-state index is 12.3. The van der Waals surface area contributed by atoms with Crippen molar-refractivity contribution in [1.82, 2.24) is 0 Å². The molecule has 8 heteroatoms. The smallest absolute Gasteiger partial charge is 0.379 e. The van der Waals surface area contributed by atoms with Gasteiger partial charge in [0.25, 0.3) is 0 Å². The summed E-state index contributed by atoms with van der Waals surface area (Å²) in [4.78, 5) is 12.4. The van der Waals surface area contributed by atoms with Crippen LogP contribution in [0.1, 0.15) is 0 Å². The molecule has 2 atom stereocenters. The van der Waals surface area contributed by atoms with Crippen molar-refractivity contribution in [2.75, 3.05) is 24.3 Å². The van der Waals surface area contributed by atoms with E-state index in [-0.39, 0.29) is 18.6 Å². The first-order valence-corrected chi connectivity index (χ1v) is 7.28. The number of benzene rings is 1. The van der Waals surface area contributed by atoms with Gasteiger partial charge >= 0.3 is 6.18 Å². The van der Waals surface area contributed by atoms with Crippen LogP contribution >= 0.6 is 11.8 Å². The molecule has 116 valence electrons. The van der Waals surface area contributed by atoms with Crippen LogP contribution in [0.15, 0.2) is 29.2 Å². The highest BCUT2D eigenvalue weighted by Crippen LogP contribution is 2.32. The molecule has 1 amide bonds. The SMILES string of the molecule is NC1COCC1C(=O)Nc1ccccc1SCC(F)(F)F. The van der Waals surface area contributed by atoms with Gasteiger partial charge in [0.05, 0.1) is 30.6 Å². The molecule has 2 rings (SSSR count). The molecule has 1 aromatic rings. The van der Waals surface area contributed by atoms with Crippen LogP contribution in [-0.4, -0.2) is 37.1 Å². The number of nitrogens with one attached hydrogen (secondary N) is 1. The third-order valence-corrected chi connectivity index (χ3v) is 4.14. The molecule has 0 saturated carbocycles. The Morgan fingerprint density at radius 2 is 2.10 bits per heavy atom. The second kappa shape index (κ2) is 6.67. The summed E-state index contributed by atoms with van der Waals surface area (Å²) in [7, 11) is 0. The van der Waals surface area contributed by atoms with Crippen molar-refractivity contribution >= 4 is 23.4 Å². The second-order valence-corrected chi connectivity index (χ2v) is 5.71. The molecule has 2 unspecified atom stereocenters. The molecular formula is C13H15F3N2O2S. The van der Waals surface area contributed by atoms with E-state index in [1.807, 2.05) is 0 Å². The number of carbonyl (C=O) groups is 1. The summed E-state index contributed by atoms with van der Waals surface area (Å²) >= 11 is 0.637. The van der Waals surface area contributed by atoms with Crippen LogP contribution in [0.5, 0.6) is 0 Å². The van der Waals surface area contributed by atoms with E-state index in [0.29, 0.717) is 29.0 Å². The zero-order chi connectivity index (χ0) is 15.5. The zero-order valence-corrected chi connectivity index (χ0v) is 11.8. The van der Waals surface area contributed by atoms with Gasteiger partial charge in [-0.25, -0.2) is 0 Å². The third-order valence-electron chi connectivity index (χ3n) is 3.00. The van der Waals surface area contributed by atoms with E-state index in [0.717, 1.165) is 0 Å². The molecule has 1 aliphatic rings. The number of hydrogen-bond donors (Lipinski definition) is 2. The molecular weight excluding hydrogens is 305 g/mol. The van der Waals surface area contributed by atoms with Crippen LogP contribution in [0.2, 0.25) is 0 Å². The Bertz CT molecular complexity index is 510. The first-order chi connectivity index (χ1) is 9.87. The van der Waals surface area contributed by atoms with Crippen molar-refractivity contribution in [3.63, 3.8) is 0 Å². The van der Waals surface area contributed by atoms with Crippen LogP contribution in [-0.2, 0) is 9.53 Å². The molecule has 1 aliphatic heterocycles. The van der Waals surface area contributed by atoms with E-state index in [9.17, 15) is 18.0 Å². The topological polar surface area (TPSA) is 64.3 Å². The van der Waals surface area contributed by atoms with Gasteiger partial charge in [-0.3, -0.25) is 4.79 Å². The fraction of sp³-hybridized carbons (Fsp3) is 0.462. The quantitative estimate of drug-likeness (QED) is 0.835. The van der Waals surface area contributed by atoms with Gasteiger partial charge in [0.15, 0.2) is 0 Å². The van der Waals surface area contributed by atoms with Crippen molar-refractivity contribution in [3.8, 4) is 0 Å². The number of carbonyl (C=O) groups excluding carboxylic acids is 1. The van der Waals surface area contributed by atoms with Crippen molar-refractivity contribution in [3.05, 3.63) is 24.3 Å². The number of nitrogens with two attached hydrogens (primary N) is 1. The maximum absolute atomic E-state index is 12.3. The molecule has 4 nitrogen and oxygen atoms in total. The number of hydrogen-bond acceptors (Lipinski definition) is 4. The van der Waals surface area contributed by atoms with E-state index in [1.54, 1.807) is 18.2 Å². The van der Waals surface area contributed by atoms with Crippen LogP contribution in [0.4, 0.5) is 18.9 Å². The molecule has 0 spiro atoms. The summed E-state index contributed by atoms with van der Waals surface area (Å²) in [6.07, 6.45) is -4.26. The number of halogens is 3. The predicted molar refractivity (Wildman–Crippen MR) is 74.1 cm³/mol. The van der Waals surface area contributed by atoms with Crippen LogP contribution in [0.25, 0.3) is 0 Å². The maximum Gasteiger partial charge on any atom is 0.398 e. The largest absolute Gasteiger partial charge is 0.398 e. The van der Waals surface area contributed by atoms with E-state index in [4.69, 9.17) is 10.5 Å². The summed E-state index contributed by atoms with van der Waals surface area (Å²) in [5.41, 5.74) is 6.10. The lowest BCUT2D eigenvalue weighted by molar-refractivity contribution is -0.120. The summed E-state index contributed by atoms with van der Waals surface area (Å²) < 4.78 is 42.0. The third kappa shape index (κ3) is 4.62. The van der Waals surface area contributed by atoms with Gasteiger partial charge in [-0.15, -0.1) is 11.8 Å². The van der Waals surface area contributed by atoms with Crippen LogP contribution < -0.4 is 11.1 Å². The van der Waals surface area contributed by atoms with Gasteiger partial charge in [-0.05, 0) is 12.1 Å². The minimum atomic E-state index is -4.26. The Morgan fingerprint density at radius 3 is 2.71 bits per heavy atom. The lowest BCUT2D eigenvalue weighted by Gasteiger charge is -2.16. The van der Waals surface area contributed by atoms with Gasteiger partial charge < -0.3 is 15.8 Å². The van der Waals surface area contributed by atoms with E-state index < -0.39 is 17.8 Å². The minimum absolute atomic E-state index is 0.227. The minimum Gasteiger partial charge on any atom is -0.379 e. The number of ether oxygens (including phenoxy) is 1. The van der Waals surface area contributed by atoms with Gasteiger partial charge in [0, 0.05) is 10.9 Å². The molecule has 0 aromatic heterocycles. The average molecular weight is 320 g/mol. The predicted octanol–water partition coefficient (Wildman–Crippen LogP) is 2.25. The molecule has 1 saturated heterocycles. The van der Waals surface area contributed by atoms with Gasteiger partial charge in [-0.1, -0.05) is 12.1 Å². The summed E-state index contributed by atoms with van der Waals surface area (Å²) in [5, 5.41) is 2.63. The summed E-state index contributed by atoms with van der Waals surface area (Å²) in [5.74, 6) is -1.82. The number of para-hydroxylation sites is 1. The highest BCUT2D eigenvalue weighted by molar-refractivity contribution is 7.99. The molecule has 1 fully saturated rings. The molecule has 1 aromatic carbocycles. The van der Waals surface area contributed by atoms with Gasteiger partial charge in [0.1, 0.15) is 0 Å². The average Bonchev–Trinajstić information content (AvgIpc) is 2.83. The van der Waals surface area contributed by atoms with E-state index in [1.165, 1.54) is 6.07 Å². The second-order valence-electron chi connectivity index (χ2n) is 4.70. The monoisotopic (exact) mass is 320 g/mol. The highest BCUT2D eigenvalue weighted by atomic mass is 32.2. The molecule has 0 radical (unpaired) electrons. The number of alkyl halides is 3. The van der Waals surface area contributed by atoms with Crippen molar-refractivity contribution in [2.45, 2.75) is 17.1 Å². The van der Waals surface area contributed by atoms with Crippen molar-refractivity contribution in [1.29, 1.82) is 0 Å². The van der Waals surface area contributed by atoms with E-state index in [2.05, 4.69) is 5.32 Å². The van der Waals surface area contributed by atoms with Crippen LogP contribution in [0.3, 0.4) is 0 Å². The number of anilines is 1.